The van der Waals surface area contributed by atoms with Crippen molar-refractivity contribution in [2.24, 2.45) is 0 Å². The van der Waals surface area contributed by atoms with Crippen LogP contribution in [0.25, 0.3) is 0 Å². The molecule has 0 aliphatic rings. The maximum absolute atomic E-state index is 12.2. The van der Waals surface area contributed by atoms with Crippen LogP contribution in [0.5, 0.6) is 0 Å². The fourth-order valence-corrected chi connectivity index (χ4v) is 4.75. The lowest BCUT2D eigenvalue weighted by molar-refractivity contribution is -0.117. The molecule has 0 spiro atoms. The number of anilines is 2. The van der Waals surface area contributed by atoms with Gasteiger partial charge >= 0.3 is 0 Å². The first-order valence-electron chi connectivity index (χ1n) is 11.3. The maximum atomic E-state index is 12.2. The lowest BCUT2D eigenvalue weighted by Gasteiger charge is -2.12. The van der Waals surface area contributed by atoms with Crippen molar-refractivity contribution >= 4 is 45.7 Å². The number of amides is 2. The van der Waals surface area contributed by atoms with Crippen LogP contribution in [0, 0.1) is 0 Å². The maximum Gasteiger partial charge on any atom is 0.226 e. The summed E-state index contributed by atoms with van der Waals surface area (Å²) < 4.78 is 6.81. The predicted octanol–water partition coefficient (Wildman–Crippen LogP) is 6.03. The van der Waals surface area contributed by atoms with Crippen molar-refractivity contribution in [3.63, 3.8) is 0 Å². The van der Waals surface area contributed by atoms with E-state index in [1.165, 1.54) is 11.3 Å². The number of pyridine rings is 1. The molecule has 3 rings (SSSR count). The molecule has 3 aromatic heterocycles. The van der Waals surface area contributed by atoms with Crippen LogP contribution in [-0.4, -0.2) is 26.8 Å². The van der Waals surface area contributed by atoms with Gasteiger partial charge in [0, 0.05) is 36.3 Å². The number of aromatic nitrogens is 3. The van der Waals surface area contributed by atoms with E-state index in [9.17, 15) is 9.59 Å². The molecule has 0 unspecified atom stereocenters. The molecule has 2 amide bonds. The zero-order valence-corrected chi connectivity index (χ0v) is 21.4. The van der Waals surface area contributed by atoms with E-state index >= 15 is 0 Å². The largest absolute Gasteiger partial charge is 0.444 e. The molecule has 3 heterocycles. The molecule has 0 aliphatic heterocycles. The number of unbranched alkanes of at least 4 members (excludes halogenated alkanes) is 3. The second-order valence-corrected chi connectivity index (χ2v) is 11.2. The second kappa shape index (κ2) is 12.7. The zero-order chi connectivity index (χ0) is 24.4. The van der Waals surface area contributed by atoms with Crippen LogP contribution in [0.4, 0.5) is 10.8 Å². The first-order valence-corrected chi connectivity index (χ1v) is 13.1. The number of carbonyl (C=O) groups is 2. The summed E-state index contributed by atoms with van der Waals surface area (Å²) in [6, 6.07) is 3.53. The fourth-order valence-electron chi connectivity index (χ4n) is 3.01. The van der Waals surface area contributed by atoms with Crippen molar-refractivity contribution in [2.45, 2.75) is 74.7 Å². The van der Waals surface area contributed by atoms with Crippen molar-refractivity contribution in [1.29, 1.82) is 0 Å². The molecule has 0 atom stereocenters. The summed E-state index contributed by atoms with van der Waals surface area (Å²) >= 11 is 3.03. The third-order valence-electron chi connectivity index (χ3n) is 4.88. The van der Waals surface area contributed by atoms with Crippen LogP contribution in [0.3, 0.4) is 0 Å². The topological polar surface area (TPSA) is 110 Å². The third kappa shape index (κ3) is 8.90. The number of rotatable bonds is 12. The molecular formula is C24H31N5O3S2. The van der Waals surface area contributed by atoms with Gasteiger partial charge in [-0.1, -0.05) is 44.9 Å². The predicted molar refractivity (Wildman–Crippen MR) is 136 cm³/mol. The van der Waals surface area contributed by atoms with Crippen LogP contribution in [0.15, 0.2) is 45.5 Å². The Labute approximate surface area is 208 Å². The number of thiazole rings is 1. The summed E-state index contributed by atoms with van der Waals surface area (Å²) in [5.74, 6) is 2.13. The zero-order valence-electron chi connectivity index (χ0n) is 19.8. The molecule has 10 heteroatoms. The van der Waals surface area contributed by atoms with Gasteiger partial charge in [-0.3, -0.25) is 14.6 Å². The first kappa shape index (κ1) is 25.9. The Morgan fingerprint density at radius 3 is 2.29 bits per heavy atom. The van der Waals surface area contributed by atoms with Crippen molar-refractivity contribution in [2.75, 3.05) is 10.6 Å². The summed E-state index contributed by atoms with van der Waals surface area (Å²) in [6.45, 7) is 6.27. The Hall–Kier alpha value is -2.72. The minimum absolute atomic E-state index is 0.00106. The highest BCUT2D eigenvalue weighted by Gasteiger charge is 2.19. The quantitative estimate of drug-likeness (QED) is 0.230. The Morgan fingerprint density at radius 1 is 0.971 bits per heavy atom. The van der Waals surface area contributed by atoms with E-state index in [4.69, 9.17) is 4.42 Å². The first-order chi connectivity index (χ1) is 16.3. The van der Waals surface area contributed by atoms with Crippen molar-refractivity contribution in [3.8, 4) is 0 Å². The summed E-state index contributed by atoms with van der Waals surface area (Å²) in [4.78, 5) is 36.7. The minimum Gasteiger partial charge on any atom is -0.444 e. The molecule has 34 heavy (non-hydrogen) atoms. The smallest absolute Gasteiger partial charge is 0.226 e. The Bertz CT molecular complexity index is 1060. The van der Waals surface area contributed by atoms with E-state index < -0.39 is 0 Å². The molecule has 0 aromatic carbocycles. The van der Waals surface area contributed by atoms with Gasteiger partial charge in [-0.25, -0.2) is 9.97 Å². The number of hydrogen-bond donors (Lipinski definition) is 2. The van der Waals surface area contributed by atoms with Gasteiger partial charge in [-0.15, -0.1) is 11.8 Å². The molecule has 0 radical (unpaired) electrons. The van der Waals surface area contributed by atoms with Gasteiger partial charge in [0.2, 0.25) is 17.7 Å². The average Bonchev–Trinajstić information content (AvgIpc) is 3.45. The number of hydrogen-bond acceptors (Lipinski definition) is 8. The molecular weight excluding hydrogens is 470 g/mol. The van der Waals surface area contributed by atoms with Gasteiger partial charge in [-0.05, 0) is 25.0 Å². The Kier molecular flexibility index (Phi) is 9.64. The Balaban J connectivity index is 1.27. The van der Waals surface area contributed by atoms with Gasteiger partial charge in [0.25, 0.3) is 0 Å². The van der Waals surface area contributed by atoms with Crippen LogP contribution in [-0.2, 0) is 20.8 Å². The minimum atomic E-state index is -0.0626. The highest BCUT2D eigenvalue weighted by atomic mass is 32.2. The molecule has 3 aromatic rings. The van der Waals surface area contributed by atoms with Gasteiger partial charge in [-0.2, -0.15) is 0 Å². The number of carbonyl (C=O) groups excluding carboxylic acids is 2. The highest BCUT2D eigenvalue weighted by Crippen LogP contribution is 2.31. The monoisotopic (exact) mass is 501 g/mol. The molecule has 182 valence electrons. The van der Waals surface area contributed by atoms with E-state index in [-0.39, 0.29) is 17.2 Å². The number of oxazole rings is 1. The third-order valence-corrected chi connectivity index (χ3v) is 6.98. The van der Waals surface area contributed by atoms with E-state index in [1.54, 1.807) is 48.7 Å². The van der Waals surface area contributed by atoms with Crippen molar-refractivity contribution < 1.29 is 14.0 Å². The molecule has 8 nitrogen and oxygen atoms in total. The number of thioether (sulfide) groups is 1. The van der Waals surface area contributed by atoms with E-state index in [0.717, 1.165) is 41.3 Å². The lowest BCUT2D eigenvalue weighted by atomic mass is 9.94. The van der Waals surface area contributed by atoms with Gasteiger partial charge in [0.1, 0.15) is 5.76 Å². The molecule has 0 saturated carbocycles. The summed E-state index contributed by atoms with van der Waals surface area (Å²) in [5, 5.41) is 6.31. The van der Waals surface area contributed by atoms with Crippen LogP contribution < -0.4 is 10.6 Å². The summed E-state index contributed by atoms with van der Waals surface area (Å²) in [7, 11) is 0. The number of nitrogens with one attached hydrogen (secondary N) is 2. The summed E-state index contributed by atoms with van der Waals surface area (Å²) in [6.07, 6.45) is 11.1. The van der Waals surface area contributed by atoms with Crippen molar-refractivity contribution in [3.05, 3.63) is 48.6 Å². The Morgan fingerprint density at radius 2 is 1.65 bits per heavy atom. The standard InChI is InChI=1S/C24H31N5O3S2/c1-24(2,3)18-14-26-21(32-18)16-33-22-15-27-23(34-22)29-20(31)9-7-5-4-6-8-19(30)28-17-10-12-25-13-11-17/h10-15H,4-9,16H2,1-3H3,(H,25,28,30)(H,27,29,31). The normalized spacial score (nSPS) is 11.4. The van der Waals surface area contributed by atoms with E-state index in [2.05, 4.69) is 46.4 Å². The average molecular weight is 502 g/mol. The van der Waals surface area contributed by atoms with Gasteiger partial charge in [0.05, 0.1) is 22.4 Å². The van der Waals surface area contributed by atoms with Crippen LogP contribution >= 0.6 is 23.1 Å². The van der Waals surface area contributed by atoms with Crippen molar-refractivity contribution in [1.82, 2.24) is 15.0 Å². The molecule has 0 fully saturated rings. The number of nitrogens with zero attached hydrogens (tertiary/aromatic N) is 3. The fraction of sp³-hybridized carbons (Fsp3) is 0.458. The van der Waals surface area contributed by atoms with Gasteiger partial charge in [0.15, 0.2) is 5.13 Å². The lowest BCUT2D eigenvalue weighted by Crippen LogP contribution is -2.11. The molecule has 2 N–H and O–H groups in total. The summed E-state index contributed by atoms with van der Waals surface area (Å²) in [5.41, 5.74) is 0.695. The second-order valence-electron chi connectivity index (χ2n) is 8.89. The van der Waals surface area contributed by atoms with E-state index in [1.807, 2.05) is 0 Å². The van der Waals surface area contributed by atoms with Crippen LogP contribution in [0.1, 0.15) is 70.9 Å². The molecule has 0 bridgehead atoms. The molecule has 0 saturated heterocycles. The van der Waals surface area contributed by atoms with Crippen LogP contribution in [0.2, 0.25) is 0 Å². The SMILES string of the molecule is CC(C)(C)c1cnc(CSc2cnc(NC(=O)CCCCCCC(=O)Nc3ccncc3)s2)o1. The van der Waals surface area contributed by atoms with Gasteiger partial charge < -0.3 is 15.1 Å². The van der Waals surface area contributed by atoms with E-state index in [0.29, 0.717) is 29.6 Å². The molecule has 0 aliphatic carbocycles. The highest BCUT2D eigenvalue weighted by molar-refractivity contribution is 8.00.